The van der Waals surface area contributed by atoms with Crippen LogP contribution in [-0.4, -0.2) is 26.3 Å². The molecule has 160 valence electrons. The minimum absolute atomic E-state index is 0.177. The number of thiophene rings is 1. The molecule has 3 aromatic heterocycles. The highest BCUT2D eigenvalue weighted by molar-refractivity contribution is 7.99. The Balaban J connectivity index is 1.59. The van der Waals surface area contributed by atoms with E-state index in [2.05, 4.69) is 63.0 Å². The zero-order chi connectivity index (χ0) is 21.6. The van der Waals surface area contributed by atoms with Gasteiger partial charge in [-0.25, -0.2) is 15.0 Å². The van der Waals surface area contributed by atoms with Crippen LogP contribution in [0.15, 0.2) is 41.7 Å². The molecular formula is C25H27N3OS2. The van der Waals surface area contributed by atoms with Gasteiger partial charge >= 0.3 is 0 Å². The Labute approximate surface area is 191 Å². The summed E-state index contributed by atoms with van der Waals surface area (Å²) in [6, 6.07) is 10.6. The summed E-state index contributed by atoms with van der Waals surface area (Å²) in [5.74, 6) is 1.35. The van der Waals surface area contributed by atoms with Gasteiger partial charge in [-0.1, -0.05) is 44.2 Å². The molecule has 1 aliphatic rings. The van der Waals surface area contributed by atoms with Gasteiger partial charge in [0.15, 0.2) is 0 Å². The first-order valence-corrected chi connectivity index (χ1v) is 12.6. The molecule has 0 radical (unpaired) electrons. The van der Waals surface area contributed by atoms with E-state index in [0.29, 0.717) is 12.5 Å². The Hall–Kier alpha value is -2.02. The van der Waals surface area contributed by atoms with Crippen LogP contribution < -0.4 is 0 Å². The molecule has 0 fully saturated rings. The van der Waals surface area contributed by atoms with E-state index in [4.69, 9.17) is 14.7 Å². The van der Waals surface area contributed by atoms with Gasteiger partial charge in [0.1, 0.15) is 16.2 Å². The number of aryl methyl sites for hydroxylation is 1. The molecule has 0 unspecified atom stereocenters. The van der Waals surface area contributed by atoms with Gasteiger partial charge in [-0.05, 0) is 37.3 Å². The topological polar surface area (TPSA) is 47.9 Å². The maximum absolute atomic E-state index is 6.17. The Morgan fingerprint density at radius 1 is 1.13 bits per heavy atom. The highest BCUT2D eigenvalue weighted by Gasteiger charge is 2.32. The van der Waals surface area contributed by atoms with Gasteiger partial charge in [0.2, 0.25) is 0 Å². The third kappa shape index (κ3) is 3.97. The fourth-order valence-electron chi connectivity index (χ4n) is 4.30. The first-order chi connectivity index (χ1) is 14.9. The second-order valence-corrected chi connectivity index (χ2v) is 11.1. The van der Waals surface area contributed by atoms with Crippen molar-refractivity contribution in [2.45, 2.75) is 63.7 Å². The number of pyridine rings is 1. The molecule has 6 heteroatoms. The molecule has 0 spiro atoms. The molecular weight excluding hydrogens is 422 g/mol. The third-order valence-electron chi connectivity index (χ3n) is 5.85. The molecule has 1 aromatic carbocycles. The Kier molecular flexibility index (Phi) is 5.49. The lowest BCUT2D eigenvalue weighted by Crippen LogP contribution is -2.32. The van der Waals surface area contributed by atoms with Crippen LogP contribution in [0.2, 0.25) is 0 Å². The first-order valence-electron chi connectivity index (χ1n) is 10.8. The predicted molar refractivity (Wildman–Crippen MR) is 130 cm³/mol. The van der Waals surface area contributed by atoms with E-state index in [-0.39, 0.29) is 5.60 Å². The van der Waals surface area contributed by atoms with Crippen LogP contribution in [0, 0.1) is 0 Å². The minimum atomic E-state index is -0.177. The number of nitrogens with zero attached hydrogens (tertiary/aromatic N) is 3. The summed E-state index contributed by atoms with van der Waals surface area (Å²) < 4.78 is 7.33. The van der Waals surface area contributed by atoms with Crippen molar-refractivity contribution in [1.29, 1.82) is 0 Å². The van der Waals surface area contributed by atoms with Crippen LogP contribution >= 0.6 is 23.1 Å². The number of hydrogen-bond donors (Lipinski definition) is 0. The largest absolute Gasteiger partial charge is 0.370 e. The number of rotatable bonds is 5. The maximum Gasteiger partial charge on any atom is 0.126 e. The lowest BCUT2D eigenvalue weighted by Gasteiger charge is -2.33. The number of thioether (sulfide) groups is 1. The normalized spacial score (nSPS) is 15.6. The number of ether oxygens (including phenoxy) is 1. The first kappa shape index (κ1) is 20.9. The second-order valence-electron chi connectivity index (χ2n) is 9.06. The molecule has 4 aromatic rings. The van der Waals surface area contributed by atoms with Crippen molar-refractivity contribution >= 4 is 43.5 Å². The van der Waals surface area contributed by atoms with E-state index in [1.807, 2.05) is 11.8 Å². The van der Waals surface area contributed by atoms with E-state index in [0.717, 1.165) is 44.4 Å². The predicted octanol–water partition coefficient (Wildman–Crippen LogP) is 6.55. The van der Waals surface area contributed by atoms with Gasteiger partial charge in [0, 0.05) is 23.1 Å². The quantitative estimate of drug-likeness (QED) is 0.255. The van der Waals surface area contributed by atoms with Crippen LogP contribution in [0.3, 0.4) is 0 Å². The summed E-state index contributed by atoms with van der Waals surface area (Å²) in [6.07, 6.45) is 3.62. The molecule has 0 saturated heterocycles. The molecule has 5 rings (SSSR count). The van der Waals surface area contributed by atoms with Crippen molar-refractivity contribution in [3.8, 4) is 0 Å². The molecule has 0 saturated carbocycles. The van der Waals surface area contributed by atoms with Crippen molar-refractivity contribution in [3.05, 3.63) is 59.0 Å². The summed E-state index contributed by atoms with van der Waals surface area (Å²) in [7, 11) is 0. The summed E-state index contributed by atoms with van der Waals surface area (Å²) in [5, 5.41) is 2.28. The zero-order valence-corrected chi connectivity index (χ0v) is 20.1. The van der Waals surface area contributed by atoms with Crippen molar-refractivity contribution in [3.63, 3.8) is 0 Å². The minimum Gasteiger partial charge on any atom is -0.370 e. The third-order valence-corrected chi connectivity index (χ3v) is 8.05. The van der Waals surface area contributed by atoms with Gasteiger partial charge < -0.3 is 4.74 Å². The standard InChI is InChI=1S/C25H27N3OS2/c1-15(2)20-18-13-29-25(3,4)12-17(18)19-21-22(31-23(19)28-20)24(27-14-26-21)30-11-10-16-8-6-5-7-9-16/h5-9,14-15H,10-13H2,1-4H3. The van der Waals surface area contributed by atoms with Crippen LogP contribution in [0.25, 0.3) is 20.4 Å². The van der Waals surface area contributed by atoms with Gasteiger partial charge in [-0.2, -0.15) is 0 Å². The summed E-state index contributed by atoms with van der Waals surface area (Å²) in [4.78, 5) is 15.6. The van der Waals surface area contributed by atoms with Crippen molar-refractivity contribution < 1.29 is 4.74 Å². The molecule has 0 amide bonds. The summed E-state index contributed by atoms with van der Waals surface area (Å²) >= 11 is 3.56. The van der Waals surface area contributed by atoms with Crippen molar-refractivity contribution in [2.24, 2.45) is 0 Å². The fourth-order valence-corrected chi connectivity index (χ4v) is 6.53. The Morgan fingerprint density at radius 3 is 2.71 bits per heavy atom. The molecule has 0 bridgehead atoms. The van der Waals surface area contributed by atoms with E-state index in [1.54, 1.807) is 17.7 Å². The summed E-state index contributed by atoms with van der Waals surface area (Å²) in [5.41, 5.74) is 6.03. The van der Waals surface area contributed by atoms with Gasteiger partial charge in [0.05, 0.1) is 28.1 Å². The van der Waals surface area contributed by atoms with Gasteiger partial charge in [0.25, 0.3) is 0 Å². The highest BCUT2D eigenvalue weighted by atomic mass is 32.2. The molecule has 4 nitrogen and oxygen atoms in total. The van der Waals surface area contributed by atoms with Crippen LogP contribution in [0.5, 0.6) is 0 Å². The second kappa shape index (κ2) is 8.15. The van der Waals surface area contributed by atoms with E-state index in [1.165, 1.54) is 22.1 Å². The number of hydrogen-bond acceptors (Lipinski definition) is 6. The SMILES string of the molecule is CC(C)c1nc2sc3c(SCCc4ccccc4)ncnc3c2c2c1COC(C)(C)C2. The Bertz CT molecular complexity index is 1250. The highest BCUT2D eigenvalue weighted by Crippen LogP contribution is 2.43. The molecule has 0 atom stereocenters. The Morgan fingerprint density at radius 2 is 1.94 bits per heavy atom. The monoisotopic (exact) mass is 449 g/mol. The molecule has 31 heavy (non-hydrogen) atoms. The number of benzene rings is 1. The molecule has 1 aliphatic heterocycles. The smallest absolute Gasteiger partial charge is 0.126 e. The van der Waals surface area contributed by atoms with E-state index >= 15 is 0 Å². The molecule has 4 heterocycles. The van der Waals surface area contributed by atoms with E-state index < -0.39 is 0 Å². The average molecular weight is 450 g/mol. The fraction of sp³-hybridized carbons (Fsp3) is 0.400. The molecule has 0 N–H and O–H groups in total. The number of fused-ring (bicyclic) bond motifs is 5. The lowest BCUT2D eigenvalue weighted by molar-refractivity contribution is -0.0402. The van der Waals surface area contributed by atoms with Crippen LogP contribution in [-0.2, 0) is 24.2 Å². The van der Waals surface area contributed by atoms with Gasteiger partial charge in [-0.3, -0.25) is 0 Å². The maximum atomic E-state index is 6.17. The number of aromatic nitrogens is 3. The zero-order valence-electron chi connectivity index (χ0n) is 18.4. The lowest BCUT2D eigenvalue weighted by atomic mass is 9.87. The average Bonchev–Trinajstić information content (AvgIpc) is 3.13. The van der Waals surface area contributed by atoms with E-state index in [9.17, 15) is 0 Å². The van der Waals surface area contributed by atoms with Gasteiger partial charge in [-0.15, -0.1) is 23.1 Å². The van der Waals surface area contributed by atoms with Crippen LogP contribution in [0.1, 0.15) is 56.0 Å². The van der Waals surface area contributed by atoms with Crippen molar-refractivity contribution in [1.82, 2.24) is 15.0 Å². The van der Waals surface area contributed by atoms with Crippen LogP contribution in [0.4, 0.5) is 0 Å². The molecule has 0 aliphatic carbocycles. The summed E-state index contributed by atoms with van der Waals surface area (Å²) in [6.45, 7) is 9.40. The van der Waals surface area contributed by atoms with Crippen molar-refractivity contribution in [2.75, 3.05) is 5.75 Å².